The number of hydrogen-bond donors (Lipinski definition) is 1. The highest BCUT2D eigenvalue weighted by Crippen LogP contribution is 2.35. The van der Waals surface area contributed by atoms with Gasteiger partial charge in [-0.25, -0.2) is 9.48 Å². The lowest BCUT2D eigenvalue weighted by atomic mass is 10.00. The molecule has 27 heavy (non-hydrogen) atoms. The summed E-state index contributed by atoms with van der Waals surface area (Å²) in [5.41, 5.74) is 2.61. The van der Waals surface area contributed by atoms with Crippen LogP contribution in [0.25, 0.3) is 11.4 Å². The molecule has 3 aromatic rings. The zero-order valence-corrected chi connectivity index (χ0v) is 15.0. The summed E-state index contributed by atoms with van der Waals surface area (Å²) in [6.45, 7) is 3.89. The molecule has 0 saturated carbocycles. The van der Waals surface area contributed by atoms with E-state index in [0.29, 0.717) is 28.7 Å². The summed E-state index contributed by atoms with van der Waals surface area (Å²) in [4.78, 5) is 25.8. The fourth-order valence-corrected chi connectivity index (χ4v) is 3.05. The number of allylic oxidation sites excluding steroid dienone is 1. The molecule has 0 radical (unpaired) electrons. The summed E-state index contributed by atoms with van der Waals surface area (Å²) in [5.74, 6) is 0.654. The van der Waals surface area contributed by atoms with Crippen LogP contribution in [0.2, 0.25) is 0 Å². The minimum atomic E-state index is -0.528. The molecule has 4 heterocycles. The zero-order chi connectivity index (χ0) is 18.8. The Hall–Kier alpha value is -3.55. The van der Waals surface area contributed by atoms with Crippen molar-refractivity contribution in [2.45, 2.75) is 19.9 Å². The van der Waals surface area contributed by atoms with Crippen molar-refractivity contribution < 1.29 is 9.53 Å². The maximum atomic E-state index is 12.7. The zero-order valence-electron chi connectivity index (χ0n) is 15.0. The van der Waals surface area contributed by atoms with Gasteiger partial charge in [0.05, 0.1) is 17.9 Å². The fourth-order valence-electron chi connectivity index (χ4n) is 3.05. The third-order valence-electron chi connectivity index (χ3n) is 4.24. The van der Waals surface area contributed by atoms with Crippen LogP contribution in [-0.2, 0) is 9.53 Å². The maximum Gasteiger partial charge on any atom is 0.338 e. The number of pyridine rings is 2. The molecule has 1 aliphatic heterocycles. The number of nitrogens with one attached hydrogen (secondary N) is 1. The van der Waals surface area contributed by atoms with Gasteiger partial charge in [-0.1, -0.05) is 6.07 Å². The number of hydrogen-bond acceptors (Lipinski definition) is 7. The second kappa shape index (κ2) is 6.99. The first kappa shape index (κ1) is 16.9. The van der Waals surface area contributed by atoms with Crippen LogP contribution in [0, 0.1) is 0 Å². The van der Waals surface area contributed by atoms with Gasteiger partial charge >= 0.3 is 5.97 Å². The highest BCUT2D eigenvalue weighted by Gasteiger charge is 2.36. The van der Waals surface area contributed by atoms with Crippen molar-refractivity contribution in [3.63, 3.8) is 0 Å². The van der Waals surface area contributed by atoms with Crippen LogP contribution in [0.15, 0.2) is 60.2 Å². The highest BCUT2D eigenvalue weighted by molar-refractivity contribution is 5.92. The largest absolute Gasteiger partial charge is 0.463 e. The SMILES string of the molecule is CCOC(=O)C1=C(C)Nc2nc(-c3cccnc3)nn2C1c1ccccn1. The summed E-state index contributed by atoms with van der Waals surface area (Å²) in [5, 5.41) is 7.79. The number of esters is 1. The van der Waals surface area contributed by atoms with Gasteiger partial charge in [-0.3, -0.25) is 9.97 Å². The van der Waals surface area contributed by atoms with Gasteiger partial charge in [-0.05, 0) is 38.1 Å². The molecular formula is C19H18N6O2. The van der Waals surface area contributed by atoms with E-state index in [1.807, 2.05) is 37.3 Å². The number of anilines is 1. The van der Waals surface area contributed by atoms with Crippen LogP contribution >= 0.6 is 0 Å². The van der Waals surface area contributed by atoms with Gasteiger partial charge in [0.25, 0.3) is 0 Å². The normalized spacial score (nSPS) is 15.9. The highest BCUT2D eigenvalue weighted by atomic mass is 16.5. The Morgan fingerprint density at radius 1 is 1.26 bits per heavy atom. The van der Waals surface area contributed by atoms with E-state index in [1.165, 1.54) is 0 Å². The van der Waals surface area contributed by atoms with E-state index in [0.717, 1.165) is 5.56 Å². The van der Waals surface area contributed by atoms with Gasteiger partial charge < -0.3 is 10.1 Å². The fraction of sp³-hybridized carbons (Fsp3) is 0.211. The Bertz CT molecular complexity index is 998. The Balaban J connectivity index is 1.86. The van der Waals surface area contributed by atoms with Gasteiger partial charge in [0, 0.05) is 29.9 Å². The van der Waals surface area contributed by atoms with Crippen LogP contribution in [-0.4, -0.2) is 37.3 Å². The lowest BCUT2D eigenvalue weighted by Gasteiger charge is -2.27. The molecule has 8 heteroatoms. The topological polar surface area (TPSA) is 94.8 Å². The number of nitrogens with zero attached hydrogens (tertiary/aromatic N) is 5. The third-order valence-corrected chi connectivity index (χ3v) is 4.24. The van der Waals surface area contributed by atoms with Crippen molar-refractivity contribution in [1.29, 1.82) is 0 Å². The molecule has 0 fully saturated rings. The second-order valence-corrected chi connectivity index (χ2v) is 5.99. The summed E-state index contributed by atoms with van der Waals surface area (Å²) in [6, 6.07) is 8.75. The summed E-state index contributed by atoms with van der Waals surface area (Å²) in [7, 11) is 0. The van der Waals surface area contributed by atoms with Crippen molar-refractivity contribution in [1.82, 2.24) is 24.7 Å². The van der Waals surface area contributed by atoms with E-state index in [1.54, 1.807) is 30.2 Å². The van der Waals surface area contributed by atoms with Crippen LogP contribution in [0.5, 0.6) is 0 Å². The summed E-state index contributed by atoms with van der Waals surface area (Å²) < 4.78 is 6.94. The molecule has 0 saturated heterocycles. The van der Waals surface area contributed by atoms with E-state index >= 15 is 0 Å². The van der Waals surface area contributed by atoms with Crippen molar-refractivity contribution in [2.75, 3.05) is 11.9 Å². The predicted molar refractivity (Wildman–Crippen MR) is 98.6 cm³/mol. The molecule has 1 unspecified atom stereocenters. The third kappa shape index (κ3) is 3.05. The van der Waals surface area contributed by atoms with Gasteiger partial charge in [-0.15, -0.1) is 5.10 Å². The average molecular weight is 362 g/mol. The van der Waals surface area contributed by atoms with Crippen molar-refractivity contribution >= 4 is 11.9 Å². The number of fused-ring (bicyclic) bond motifs is 1. The number of rotatable bonds is 4. The van der Waals surface area contributed by atoms with Gasteiger partial charge in [0.2, 0.25) is 5.95 Å². The lowest BCUT2D eigenvalue weighted by Crippen LogP contribution is -2.30. The van der Waals surface area contributed by atoms with E-state index in [-0.39, 0.29) is 6.61 Å². The van der Waals surface area contributed by atoms with E-state index < -0.39 is 12.0 Å². The Morgan fingerprint density at radius 3 is 2.85 bits per heavy atom. The summed E-state index contributed by atoms with van der Waals surface area (Å²) in [6.07, 6.45) is 5.08. The number of carbonyl (C=O) groups excluding carboxylic acids is 1. The Labute approximate surface area is 155 Å². The number of ether oxygens (including phenoxy) is 1. The maximum absolute atomic E-state index is 12.7. The van der Waals surface area contributed by atoms with Crippen LogP contribution < -0.4 is 5.32 Å². The second-order valence-electron chi connectivity index (χ2n) is 5.99. The molecular weight excluding hydrogens is 344 g/mol. The Kier molecular flexibility index (Phi) is 4.37. The average Bonchev–Trinajstić information content (AvgIpc) is 3.12. The lowest BCUT2D eigenvalue weighted by molar-refractivity contribution is -0.139. The monoisotopic (exact) mass is 362 g/mol. The Morgan fingerprint density at radius 2 is 2.15 bits per heavy atom. The van der Waals surface area contributed by atoms with E-state index in [2.05, 4.69) is 25.4 Å². The molecule has 0 amide bonds. The molecule has 0 aromatic carbocycles. The molecule has 0 spiro atoms. The van der Waals surface area contributed by atoms with Crippen molar-refractivity contribution in [2.24, 2.45) is 0 Å². The summed E-state index contributed by atoms with van der Waals surface area (Å²) >= 11 is 0. The molecule has 1 N–H and O–H groups in total. The van der Waals surface area contributed by atoms with Crippen molar-refractivity contribution in [3.05, 3.63) is 65.9 Å². The number of aromatic nitrogens is 5. The van der Waals surface area contributed by atoms with Crippen LogP contribution in [0.1, 0.15) is 25.6 Å². The molecule has 4 rings (SSSR count). The van der Waals surface area contributed by atoms with Crippen molar-refractivity contribution in [3.8, 4) is 11.4 Å². The van der Waals surface area contributed by atoms with Crippen LogP contribution in [0.3, 0.4) is 0 Å². The molecule has 0 aliphatic carbocycles. The first-order valence-electron chi connectivity index (χ1n) is 8.61. The van der Waals surface area contributed by atoms with E-state index in [9.17, 15) is 4.79 Å². The van der Waals surface area contributed by atoms with Gasteiger partial charge in [0.15, 0.2) is 5.82 Å². The van der Waals surface area contributed by atoms with Gasteiger partial charge in [0.1, 0.15) is 6.04 Å². The molecule has 1 aliphatic rings. The first-order chi connectivity index (χ1) is 13.2. The van der Waals surface area contributed by atoms with E-state index in [4.69, 9.17) is 4.74 Å². The number of carbonyl (C=O) groups is 1. The molecule has 1 atom stereocenters. The minimum absolute atomic E-state index is 0.287. The standard InChI is InChI=1S/C19H18N6O2/c1-3-27-18(26)15-12(2)22-19-23-17(13-7-6-9-20-11-13)24-25(19)16(15)14-8-4-5-10-21-14/h4-11,16H,3H2,1-2H3,(H,22,23,24). The molecule has 0 bridgehead atoms. The molecule has 3 aromatic heterocycles. The predicted octanol–water partition coefficient (Wildman–Crippen LogP) is 2.59. The van der Waals surface area contributed by atoms with Gasteiger partial charge in [-0.2, -0.15) is 4.98 Å². The molecule has 8 nitrogen and oxygen atoms in total. The minimum Gasteiger partial charge on any atom is -0.463 e. The molecule has 136 valence electrons. The van der Waals surface area contributed by atoms with Crippen LogP contribution in [0.4, 0.5) is 5.95 Å². The quantitative estimate of drug-likeness (QED) is 0.713. The first-order valence-corrected chi connectivity index (χ1v) is 8.61. The smallest absolute Gasteiger partial charge is 0.338 e.